The van der Waals surface area contributed by atoms with Crippen molar-refractivity contribution in [1.82, 2.24) is 4.90 Å². The van der Waals surface area contributed by atoms with Crippen molar-refractivity contribution in [3.05, 3.63) is 0 Å². The van der Waals surface area contributed by atoms with Gasteiger partial charge in [0.05, 0.1) is 0 Å². The fraction of sp³-hybridized carbons (Fsp3) is 0.889. The van der Waals surface area contributed by atoms with Crippen LogP contribution in [-0.2, 0) is 9.47 Å². The molecule has 0 atom stereocenters. The van der Waals surface area contributed by atoms with E-state index in [4.69, 9.17) is 9.47 Å². The molecule has 4 heteroatoms. The summed E-state index contributed by atoms with van der Waals surface area (Å²) in [5, 5.41) is 0. The molecule has 0 heterocycles. The summed E-state index contributed by atoms with van der Waals surface area (Å²) in [6.07, 6.45) is -0.602. The van der Waals surface area contributed by atoms with Crippen molar-refractivity contribution < 1.29 is 14.3 Å². The van der Waals surface area contributed by atoms with E-state index in [1.165, 1.54) is 0 Å². The van der Waals surface area contributed by atoms with Gasteiger partial charge in [0.15, 0.2) is 0 Å². The van der Waals surface area contributed by atoms with Gasteiger partial charge >= 0.3 is 6.16 Å². The van der Waals surface area contributed by atoms with E-state index in [9.17, 15) is 4.79 Å². The van der Waals surface area contributed by atoms with Gasteiger partial charge in [-0.05, 0) is 34.9 Å². The van der Waals surface area contributed by atoms with Crippen LogP contribution in [0.3, 0.4) is 0 Å². The predicted octanol–water partition coefficient (Wildman–Crippen LogP) is 1.50. The van der Waals surface area contributed by atoms with Gasteiger partial charge in [-0.2, -0.15) is 0 Å². The minimum Gasteiger partial charge on any atom is -0.433 e. The zero-order valence-electron chi connectivity index (χ0n) is 9.09. The van der Waals surface area contributed by atoms with Crippen LogP contribution < -0.4 is 0 Å². The number of hydrogen-bond donors (Lipinski definition) is 0. The monoisotopic (exact) mass is 189 g/mol. The third-order valence-electron chi connectivity index (χ3n) is 1.15. The lowest BCUT2D eigenvalue weighted by atomic mass is 10.2. The third kappa shape index (κ3) is 9.14. The van der Waals surface area contributed by atoms with Crippen LogP contribution in [0.5, 0.6) is 0 Å². The Bertz CT molecular complexity index is 161. The lowest BCUT2D eigenvalue weighted by Crippen LogP contribution is -2.26. The Balaban J connectivity index is 3.53. The third-order valence-corrected chi connectivity index (χ3v) is 1.15. The van der Waals surface area contributed by atoms with Crippen molar-refractivity contribution >= 4 is 6.16 Å². The van der Waals surface area contributed by atoms with Crippen molar-refractivity contribution in [3.8, 4) is 0 Å². The van der Waals surface area contributed by atoms with Crippen LogP contribution in [0.15, 0.2) is 0 Å². The van der Waals surface area contributed by atoms with Crippen LogP contribution in [0.4, 0.5) is 4.79 Å². The number of carbonyl (C=O) groups excluding carboxylic acids is 1. The van der Waals surface area contributed by atoms with Gasteiger partial charge < -0.3 is 14.4 Å². The molecule has 0 aliphatic carbocycles. The zero-order chi connectivity index (χ0) is 10.5. The van der Waals surface area contributed by atoms with E-state index >= 15 is 0 Å². The van der Waals surface area contributed by atoms with Crippen molar-refractivity contribution in [2.75, 3.05) is 27.2 Å². The lowest BCUT2D eigenvalue weighted by molar-refractivity contribution is -0.00884. The van der Waals surface area contributed by atoms with Gasteiger partial charge in [-0.3, -0.25) is 0 Å². The fourth-order valence-corrected chi connectivity index (χ4v) is 0.591. The normalized spacial score (nSPS) is 11.5. The van der Waals surface area contributed by atoms with Gasteiger partial charge in [0.1, 0.15) is 12.2 Å². The minimum absolute atomic E-state index is 0.363. The van der Waals surface area contributed by atoms with Crippen molar-refractivity contribution in [1.29, 1.82) is 0 Å². The van der Waals surface area contributed by atoms with Gasteiger partial charge in [0.2, 0.25) is 0 Å². The number of ether oxygens (including phenoxy) is 2. The van der Waals surface area contributed by atoms with E-state index in [0.29, 0.717) is 13.2 Å². The van der Waals surface area contributed by atoms with E-state index < -0.39 is 11.8 Å². The molecule has 0 saturated heterocycles. The Morgan fingerprint density at radius 1 is 1.31 bits per heavy atom. The van der Waals surface area contributed by atoms with Crippen LogP contribution in [0, 0.1) is 0 Å². The number of carbonyl (C=O) groups is 1. The Morgan fingerprint density at radius 2 is 1.85 bits per heavy atom. The number of nitrogens with zero attached hydrogens (tertiary/aromatic N) is 1. The molecule has 0 aliphatic rings. The molecule has 0 aromatic carbocycles. The van der Waals surface area contributed by atoms with Crippen molar-refractivity contribution in [2.24, 2.45) is 0 Å². The van der Waals surface area contributed by atoms with Gasteiger partial charge in [0, 0.05) is 6.54 Å². The van der Waals surface area contributed by atoms with Crippen LogP contribution in [-0.4, -0.2) is 43.9 Å². The Kier molecular flexibility index (Phi) is 4.77. The maximum absolute atomic E-state index is 11.0. The first-order valence-corrected chi connectivity index (χ1v) is 4.32. The largest absolute Gasteiger partial charge is 0.508 e. The molecule has 13 heavy (non-hydrogen) atoms. The van der Waals surface area contributed by atoms with E-state index in [2.05, 4.69) is 0 Å². The summed E-state index contributed by atoms with van der Waals surface area (Å²) >= 11 is 0. The number of rotatable bonds is 3. The summed E-state index contributed by atoms with van der Waals surface area (Å²) < 4.78 is 9.77. The SMILES string of the molecule is CN(C)CCOC(=O)OC(C)(C)C. The van der Waals surface area contributed by atoms with E-state index in [1.54, 1.807) is 20.8 Å². The molecular formula is C9H19NO3. The van der Waals surface area contributed by atoms with Crippen molar-refractivity contribution in [2.45, 2.75) is 26.4 Å². The summed E-state index contributed by atoms with van der Waals surface area (Å²) in [6, 6.07) is 0. The van der Waals surface area contributed by atoms with Gasteiger partial charge in [0.25, 0.3) is 0 Å². The molecule has 0 amide bonds. The van der Waals surface area contributed by atoms with Crippen LogP contribution >= 0.6 is 0 Å². The molecule has 0 saturated carbocycles. The molecular weight excluding hydrogens is 170 g/mol. The minimum atomic E-state index is -0.602. The molecule has 0 aliphatic heterocycles. The molecule has 0 aromatic rings. The quantitative estimate of drug-likeness (QED) is 0.631. The van der Waals surface area contributed by atoms with Crippen LogP contribution in [0.2, 0.25) is 0 Å². The standard InChI is InChI=1S/C9H19NO3/c1-9(2,3)13-8(11)12-7-6-10(4)5/h6-7H2,1-5H3. The Hall–Kier alpha value is -0.770. The first-order chi connectivity index (χ1) is 5.81. The Morgan fingerprint density at radius 3 is 2.23 bits per heavy atom. The van der Waals surface area contributed by atoms with Gasteiger partial charge in [-0.15, -0.1) is 0 Å². The molecule has 0 fully saturated rings. The maximum atomic E-state index is 11.0. The second-order valence-corrected chi connectivity index (χ2v) is 4.12. The van der Waals surface area contributed by atoms with E-state index in [1.807, 2.05) is 19.0 Å². The average Bonchev–Trinajstić information content (AvgIpc) is 1.81. The van der Waals surface area contributed by atoms with E-state index in [0.717, 1.165) is 0 Å². The molecule has 0 spiro atoms. The first kappa shape index (κ1) is 12.2. The molecule has 0 unspecified atom stereocenters. The summed E-state index contributed by atoms with van der Waals surface area (Å²) in [7, 11) is 3.83. The highest BCUT2D eigenvalue weighted by atomic mass is 16.7. The summed E-state index contributed by atoms with van der Waals surface area (Å²) in [5.74, 6) is 0. The second kappa shape index (κ2) is 5.07. The molecule has 0 radical (unpaired) electrons. The summed E-state index contributed by atoms with van der Waals surface area (Å²) in [5.41, 5.74) is -0.477. The summed E-state index contributed by atoms with van der Waals surface area (Å²) in [4.78, 5) is 12.9. The molecule has 0 rings (SSSR count). The molecule has 0 aromatic heterocycles. The first-order valence-electron chi connectivity index (χ1n) is 4.32. The van der Waals surface area contributed by atoms with Gasteiger partial charge in [-0.1, -0.05) is 0 Å². The second-order valence-electron chi connectivity index (χ2n) is 4.12. The highest BCUT2D eigenvalue weighted by Crippen LogP contribution is 2.07. The predicted molar refractivity (Wildman–Crippen MR) is 50.7 cm³/mol. The molecule has 4 nitrogen and oxygen atoms in total. The zero-order valence-corrected chi connectivity index (χ0v) is 9.09. The Labute approximate surface area is 79.8 Å². The number of hydrogen-bond acceptors (Lipinski definition) is 4. The lowest BCUT2D eigenvalue weighted by Gasteiger charge is -2.19. The fourth-order valence-electron chi connectivity index (χ4n) is 0.591. The highest BCUT2D eigenvalue weighted by molar-refractivity contribution is 5.60. The van der Waals surface area contributed by atoms with Crippen LogP contribution in [0.25, 0.3) is 0 Å². The molecule has 78 valence electrons. The van der Waals surface area contributed by atoms with Crippen molar-refractivity contribution in [3.63, 3.8) is 0 Å². The molecule has 0 bridgehead atoms. The smallest absolute Gasteiger partial charge is 0.433 e. The number of likely N-dealkylation sites (N-methyl/N-ethyl adjacent to an activating group) is 1. The van der Waals surface area contributed by atoms with Crippen LogP contribution in [0.1, 0.15) is 20.8 Å². The topological polar surface area (TPSA) is 38.8 Å². The highest BCUT2D eigenvalue weighted by Gasteiger charge is 2.16. The summed E-state index contributed by atoms with van der Waals surface area (Å²) in [6.45, 7) is 6.49. The maximum Gasteiger partial charge on any atom is 0.508 e. The average molecular weight is 189 g/mol. The van der Waals surface area contributed by atoms with E-state index in [-0.39, 0.29) is 0 Å². The molecule has 0 N–H and O–H groups in total. The van der Waals surface area contributed by atoms with Gasteiger partial charge in [-0.25, -0.2) is 4.79 Å².